The molecular formula is C12H16ClN5O. The van der Waals surface area contributed by atoms with Crippen molar-refractivity contribution < 1.29 is 4.79 Å². The number of benzene rings is 1. The standard InChI is InChI=1S/C12H16ClN5O/c1-2-12(11(14)19,16-7-8-17-18-15)9-3-5-10(13)6-4-9/h3-6,16H,2,7-8H2,1H3,(H2,14,19). The minimum Gasteiger partial charge on any atom is -0.368 e. The summed E-state index contributed by atoms with van der Waals surface area (Å²) in [4.78, 5) is 14.5. The van der Waals surface area contributed by atoms with E-state index in [1.807, 2.05) is 6.92 Å². The second-order valence-corrected chi connectivity index (χ2v) is 4.45. The fourth-order valence-electron chi connectivity index (χ4n) is 1.93. The Bertz CT molecular complexity index is 483. The van der Waals surface area contributed by atoms with E-state index in [4.69, 9.17) is 22.9 Å². The maximum absolute atomic E-state index is 11.8. The highest BCUT2D eigenvalue weighted by molar-refractivity contribution is 6.30. The molecule has 0 aliphatic rings. The van der Waals surface area contributed by atoms with Gasteiger partial charge in [0.1, 0.15) is 5.54 Å². The summed E-state index contributed by atoms with van der Waals surface area (Å²) in [6, 6.07) is 6.94. The van der Waals surface area contributed by atoms with Gasteiger partial charge >= 0.3 is 0 Å². The van der Waals surface area contributed by atoms with E-state index in [1.165, 1.54) is 0 Å². The van der Waals surface area contributed by atoms with Gasteiger partial charge < -0.3 is 5.73 Å². The number of rotatable bonds is 7. The van der Waals surface area contributed by atoms with Gasteiger partial charge in [-0.1, -0.05) is 35.8 Å². The molecule has 1 unspecified atom stereocenters. The molecular weight excluding hydrogens is 266 g/mol. The number of primary amides is 1. The van der Waals surface area contributed by atoms with Crippen LogP contribution in [0.25, 0.3) is 10.4 Å². The number of carbonyl (C=O) groups is 1. The molecule has 0 bridgehead atoms. The largest absolute Gasteiger partial charge is 0.368 e. The summed E-state index contributed by atoms with van der Waals surface area (Å²) < 4.78 is 0. The fourth-order valence-corrected chi connectivity index (χ4v) is 2.06. The van der Waals surface area contributed by atoms with Gasteiger partial charge in [-0.05, 0) is 29.6 Å². The zero-order valence-electron chi connectivity index (χ0n) is 10.6. The zero-order chi connectivity index (χ0) is 14.3. The summed E-state index contributed by atoms with van der Waals surface area (Å²) in [6.45, 7) is 2.47. The number of nitrogens with zero attached hydrogens (tertiary/aromatic N) is 3. The minimum absolute atomic E-state index is 0.249. The van der Waals surface area contributed by atoms with Crippen LogP contribution >= 0.6 is 11.6 Å². The summed E-state index contributed by atoms with van der Waals surface area (Å²) >= 11 is 5.84. The van der Waals surface area contributed by atoms with Crippen LogP contribution in [0.2, 0.25) is 5.02 Å². The van der Waals surface area contributed by atoms with E-state index in [9.17, 15) is 4.79 Å². The Balaban J connectivity index is 3.01. The first-order valence-electron chi connectivity index (χ1n) is 5.88. The Morgan fingerprint density at radius 3 is 2.63 bits per heavy atom. The van der Waals surface area contributed by atoms with E-state index in [-0.39, 0.29) is 6.54 Å². The lowest BCUT2D eigenvalue weighted by Gasteiger charge is -2.31. The number of amides is 1. The van der Waals surface area contributed by atoms with Crippen molar-refractivity contribution in [1.82, 2.24) is 5.32 Å². The number of nitrogens with two attached hydrogens (primary N) is 1. The second-order valence-electron chi connectivity index (χ2n) is 4.01. The third-order valence-corrected chi connectivity index (χ3v) is 3.24. The molecule has 19 heavy (non-hydrogen) atoms. The van der Waals surface area contributed by atoms with Crippen molar-refractivity contribution in [2.75, 3.05) is 13.1 Å². The molecule has 1 rings (SSSR count). The zero-order valence-corrected chi connectivity index (χ0v) is 11.4. The van der Waals surface area contributed by atoms with Gasteiger partial charge in [0.25, 0.3) is 0 Å². The lowest BCUT2D eigenvalue weighted by atomic mass is 9.86. The molecule has 6 nitrogen and oxygen atoms in total. The Labute approximate surface area is 116 Å². The maximum atomic E-state index is 11.8. The predicted octanol–water partition coefficient (Wildman–Crippen LogP) is 2.33. The van der Waals surface area contributed by atoms with Crippen molar-refractivity contribution in [3.8, 4) is 0 Å². The summed E-state index contributed by atoms with van der Waals surface area (Å²) in [5, 5.41) is 7.08. The quantitative estimate of drug-likeness (QED) is 0.346. The number of halogens is 1. The number of hydrogen-bond donors (Lipinski definition) is 2. The molecule has 102 valence electrons. The highest BCUT2D eigenvalue weighted by Crippen LogP contribution is 2.26. The average molecular weight is 282 g/mol. The molecule has 1 amide bonds. The van der Waals surface area contributed by atoms with E-state index < -0.39 is 11.4 Å². The van der Waals surface area contributed by atoms with Gasteiger partial charge in [0.15, 0.2) is 0 Å². The smallest absolute Gasteiger partial charge is 0.242 e. The van der Waals surface area contributed by atoms with Gasteiger partial charge in [-0.2, -0.15) is 0 Å². The first kappa shape index (κ1) is 15.3. The van der Waals surface area contributed by atoms with Crippen LogP contribution in [-0.2, 0) is 10.3 Å². The van der Waals surface area contributed by atoms with Crippen LogP contribution in [0.5, 0.6) is 0 Å². The lowest BCUT2D eigenvalue weighted by molar-refractivity contribution is -0.125. The molecule has 0 saturated heterocycles. The number of hydrogen-bond acceptors (Lipinski definition) is 3. The van der Waals surface area contributed by atoms with Gasteiger partial charge in [-0.3, -0.25) is 10.1 Å². The molecule has 0 aliphatic heterocycles. The third kappa shape index (κ3) is 3.61. The highest BCUT2D eigenvalue weighted by atomic mass is 35.5. The van der Waals surface area contributed by atoms with Crippen molar-refractivity contribution in [3.05, 3.63) is 45.3 Å². The number of carbonyl (C=O) groups excluding carboxylic acids is 1. The Morgan fingerprint density at radius 1 is 1.53 bits per heavy atom. The molecule has 0 aromatic heterocycles. The summed E-state index contributed by atoms with van der Waals surface area (Å²) in [5.41, 5.74) is 13.5. The van der Waals surface area contributed by atoms with Crippen LogP contribution in [0.4, 0.5) is 0 Å². The van der Waals surface area contributed by atoms with Crippen molar-refractivity contribution in [3.63, 3.8) is 0 Å². The molecule has 1 aromatic carbocycles. The molecule has 3 N–H and O–H groups in total. The van der Waals surface area contributed by atoms with E-state index in [0.717, 1.165) is 5.56 Å². The Hall–Kier alpha value is -1.75. The third-order valence-electron chi connectivity index (χ3n) is 2.99. The average Bonchev–Trinajstić information content (AvgIpc) is 2.40. The molecule has 1 atom stereocenters. The first-order valence-corrected chi connectivity index (χ1v) is 6.26. The molecule has 0 aliphatic carbocycles. The SMILES string of the molecule is CCC(NCCN=[N+]=[N-])(C(N)=O)c1ccc(Cl)cc1. The highest BCUT2D eigenvalue weighted by Gasteiger charge is 2.35. The topological polar surface area (TPSA) is 104 Å². The lowest BCUT2D eigenvalue weighted by Crippen LogP contribution is -2.53. The van der Waals surface area contributed by atoms with E-state index in [2.05, 4.69) is 15.3 Å². The van der Waals surface area contributed by atoms with Crippen LogP contribution in [0.3, 0.4) is 0 Å². The summed E-state index contributed by atoms with van der Waals surface area (Å²) in [5.74, 6) is -0.474. The van der Waals surface area contributed by atoms with Crippen LogP contribution in [0, 0.1) is 0 Å². The normalized spacial score (nSPS) is 13.4. The van der Waals surface area contributed by atoms with Crippen LogP contribution in [0.1, 0.15) is 18.9 Å². The minimum atomic E-state index is -0.977. The van der Waals surface area contributed by atoms with Gasteiger partial charge in [-0.15, -0.1) is 0 Å². The van der Waals surface area contributed by atoms with Crippen molar-refractivity contribution in [2.45, 2.75) is 18.9 Å². The summed E-state index contributed by atoms with van der Waals surface area (Å²) in [7, 11) is 0. The van der Waals surface area contributed by atoms with Gasteiger partial charge in [0.2, 0.25) is 5.91 Å². The fraction of sp³-hybridized carbons (Fsp3) is 0.417. The van der Waals surface area contributed by atoms with Gasteiger partial charge in [0.05, 0.1) is 0 Å². The predicted molar refractivity (Wildman–Crippen MR) is 74.6 cm³/mol. The molecule has 0 spiro atoms. The van der Waals surface area contributed by atoms with E-state index in [1.54, 1.807) is 24.3 Å². The molecule has 0 fully saturated rings. The van der Waals surface area contributed by atoms with Gasteiger partial charge in [-0.25, -0.2) is 0 Å². The van der Waals surface area contributed by atoms with Gasteiger partial charge in [0, 0.05) is 23.0 Å². The van der Waals surface area contributed by atoms with Crippen molar-refractivity contribution in [1.29, 1.82) is 0 Å². The number of azide groups is 1. The Kier molecular flexibility index (Phi) is 5.63. The molecule has 0 saturated carbocycles. The molecule has 1 aromatic rings. The maximum Gasteiger partial charge on any atom is 0.242 e. The van der Waals surface area contributed by atoms with Crippen molar-refractivity contribution >= 4 is 17.5 Å². The molecule has 0 radical (unpaired) electrons. The van der Waals surface area contributed by atoms with Crippen LogP contribution < -0.4 is 11.1 Å². The second kappa shape index (κ2) is 6.99. The molecule has 0 heterocycles. The van der Waals surface area contributed by atoms with Crippen LogP contribution in [0.15, 0.2) is 29.4 Å². The van der Waals surface area contributed by atoms with Crippen molar-refractivity contribution in [2.24, 2.45) is 10.8 Å². The van der Waals surface area contributed by atoms with Crippen LogP contribution in [-0.4, -0.2) is 19.0 Å². The van der Waals surface area contributed by atoms with E-state index in [0.29, 0.717) is 18.0 Å². The molecule has 7 heteroatoms. The Morgan fingerprint density at radius 2 is 2.16 bits per heavy atom. The van der Waals surface area contributed by atoms with E-state index >= 15 is 0 Å². The number of nitrogens with one attached hydrogen (secondary N) is 1. The first-order chi connectivity index (χ1) is 9.06. The monoisotopic (exact) mass is 281 g/mol. The summed E-state index contributed by atoms with van der Waals surface area (Å²) in [6.07, 6.45) is 0.486.